The number of fused-ring (bicyclic) bond motifs is 1. The van der Waals surface area contributed by atoms with Gasteiger partial charge in [0.25, 0.3) is 0 Å². The Morgan fingerprint density at radius 3 is 2.38 bits per heavy atom. The fourth-order valence-electron chi connectivity index (χ4n) is 6.78. The highest BCUT2D eigenvalue weighted by Crippen LogP contribution is 2.38. The summed E-state index contributed by atoms with van der Waals surface area (Å²) in [6.07, 6.45) is 2.46. The molecule has 1 saturated heterocycles. The predicted octanol–water partition coefficient (Wildman–Crippen LogP) is 5.69. The molecule has 1 aromatic heterocycles. The summed E-state index contributed by atoms with van der Waals surface area (Å²) in [5, 5.41) is 3.70. The maximum absolute atomic E-state index is 14.0. The van der Waals surface area contributed by atoms with E-state index in [2.05, 4.69) is 10.3 Å². The molecule has 47 heavy (non-hydrogen) atoms. The number of rotatable bonds is 11. The van der Waals surface area contributed by atoms with Gasteiger partial charge in [0.1, 0.15) is 18.4 Å². The second-order valence-corrected chi connectivity index (χ2v) is 13.0. The molecule has 2 aromatic carbocycles. The molecule has 2 fully saturated rings. The molecule has 1 saturated carbocycles. The van der Waals surface area contributed by atoms with E-state index in [1.165, 1.54) is 0 Å². The predicted molar refractivity (Wildman–Crippen MR) is 176 cm³/mol. The highest BCUT2D eigenvalue weighted by atomic mass is 19.1. The fourth-order valence-corrected chi connectivity index (χ4v) is 6.78. The molecule has 0 radical (unpaired) electrons. The van der Waals surface area contributed by atoms with Crippen LogP contribution in [0.4, 0.5) is 10.1 Å². The van der Waals surface area contributed by atoms with E-state index >= 15 is 0 Å². The van der Waals surface area contributed by atoms with E-state index in [1.54, 1.807) is 49.9 Å². The smallest absolute Gasteiger partial charge is 0.357 e. The van der Waals surface area contributed by atoms with Gasteiger partial charge in [0.15, 0.2) is 0 Å². The molecule has 0 spiro atoms. The molecule has 2 unspecified atom stereocenters. The van der Waals surface area contributed by atoms with Gasteiger partial charge in [-0.25, -0.2) is 9.18 Å². The Labute approximate surface area is 274 Å². The zero-order valence-electron chi connectivity index (χ0n) is 27.2. The van der Waals surface area contributed by atoms with Crippen LogP contribution in [-0.2, 0) is 23.9 Å². The SMILES string of the molecule is CCC(=O)OC(OC(=O)c1cc2cc(NC(=O)[C@@H]3[C@@H](c4ccccc4)CCN3C(=O)C3CCC(C(N)CF)CC3)ccc2[nH]1)C(C)C. The van der Waals surface area contributed by atoms with Crippen molar-refractivity contribution in [1.82, 2.24) is 9.88 Å². The Morgan fingerprint density at radius 1 is 1.00 bits per heavy atom. The lowest BCUT2D eigenvalue weighted by Crippen LogP contribution is -2.48. The van der Waals surface area contributed by atoms with Crippen molar-refractivity contribution in [1.29, 1.82) is 0 Å². The van der Waals surface area contributed by atoms with Gasteiger partial charge < -0.3 is 30.4 Å². The van der Waals surface area contributed by atoms with Crippen LogP contribution in [-0.4, -0.2) is 65.2 Å². The molecule has 2 aliphatic rings. The van der Waals surface area contributed by atoms with Crippen LogP contribution < -0.4 is 11.1 Å². The molecule has 3 aromatic rings. The number of anilines is 1. The molecule has 252 valence electrons. The number of halogens is 1. The van der Waals surface area contributed by atoms with Crippen molar-refractivity contribution < 1.29 is 33.0 Å². The summed E-state index contributed by atoms with van der Waals surface area (Å²) in [6, 6.07) is 15.4. The van der Waals surface area contributed by atoms with Crippen LogP contribution >= 0.6 is 0 Å². The zero-order valence-corrected chi connectivity index (χ0v) is 27.2. The first kappa shape index (κ1) is 34.1. The first-order valence-electron chi connectivity index (χ1n) is 16.6. The summed E-state index contributed by atoms with van der Waals surface area (Å²) >= 11 is 0. The maximum atomic E-state index is 14.0. The Bertz CT molecular complexity index is 1570. The van der Waals surface area contributed by atoms with Gasteiger partial charge in [0.05, 0.1) is 0 Å². The number of H-pyrrole nitrogens is 1. The van der Waals surface area contributed by atoms with Gasteiger partial charge in [-0.05, 0) is 67.9 Å². The summed E-state index contributed by atoms with van der Waals surface area (Å²) in [6.45, 7) is 5.15. The van der Waals surface area contributed by atoms with Crippen LogP contribution in [0.15, 0.2) is 54.6 Å². The minimum Gasteiger partial charge on any atom is -0.425 e. The first-order chi connectivity index (χ1) is 22.6. The number of aromatic nitrogens is 1. The molecule has 4 atom stereocenters. The number of carbonyl (C=O) groups is 4. The number of nitrogens with two attached hydrogens (primary N) is 1. The number of likely N-dealkylation sites (tertiary alicyclic amines) is 1. The molecule has 2 heterocycles. The van der Waals surface area contributed by atoms with E-state index in [4.69, 9.17) is 15.2 Å². The highest BCUT2D eigenvalue weighted by molar-refractivity contribution is 6.01. The lowest BCUT2D eigenvalue weighted by Gasteiger charge is -2.35. The van der Waals surface area contributed by atoms with Crippen LogP contribution in [0.5, 0.6) is 0 Å². The van der Waals surface area contributed by atoms with Crippen molar-refractivity contribution in [2.75, 3.05) is 18.5 Å². The number of aromatic amines is 1. The number of hydrogen-bond acceptors (Lipinski definition) is 7. The number of hydrogen-bond donors (Lipinski definition) is 3. The fraction of sp³-hybridized carbons (Fsp3) is 0.500. The maximum Gasteiger partial charge on any atom is 0.357 e. The minimum atomic E-state index is -1.02. The number of benzene rings is 2. The van der Waals surface area contributed by atoms with Crippen molar-refractivity contribution >= 4 is 40.3 Å². The van der Waals surface area contributed by atoms with Crippen molar-refractivity contribution in [3.05, 3.63) is 65.9 Å². The van der Waals surface area contributed by atoms with E-state index in [0.29, 0.717) is 55.2 Å². The van der Waals surface area contributed by atoms with Gasteiger partial charge in [0, 0.05) is 53.4 Å². The number of nitrogens with zero attached hydrogens (tertiary/aromatic N) is 1. The largest absolute Gasteiger partial charge is 0.425 e. The summed E-state index contributed by atoms with van der Waals surface area (Å²) in [5.74, 6) is -2.02. The van der Waals surface area contributed by atoms with E-state index in [9.17, 15) is 23.6 Å². The molecule has 2 amide bonds. The van der Waals surface area contributed by atoms with Crippen LogP contribution in [0.2, 0.25) is 0 Å². The van der Waals surface area contributed by atoms with Gasteiger partial charge >= 0.3 is 11.9 Å². The van der Waals surface area contributed by atoms with Crippen molar-refractivity contribution in [3.8, 4) is 0 Å². The lowest BCUT2D eigenvalue weighted by molar-refractivity contribution is -0.175. The van der Waals surface area contributed by atoms with Crippen LogP contribution in [0.3, 0.4) is 0 Å². The van der Waals surface area contributed by atoms with Crippen LogP contribution in [0.1, 0.15) is 81.3 Å². The number of ether oxygens (including phenoxy) is 2. The third-order valence-electron chi connectivity index (χ3n) is 9.49. The topological polar surface area (TPSA) is 144 Å². The standard InChI is InChI=1S/C36H45FN4O6/c1-4-31(42)46-36(21(2)3)47-35(45)30-19-25-18-26(14-15-29(25)40-30)39-33(43)32-27(22-8-6-5-7-9-22)16-17-41(32)34(44)24-12-10-23(11-13-24)28(38)20-37/h5-9,14-15,18-19,21,23-24,27-28,32,36,40H,4,10-13,16-17,20,38H2,1-3H3,(H,39,43)/t23?,24?,27-,28?,32+,36?/m1/s1. The van der Waals surface area contributed by atoms with Gasteiger partial charge in [-0.15, -0.1) is 0 Å². The number of alkyl halides is 1. The van der Waals surface area contributed by atoms with E-state index in [1.807, 2.05) is 30.3 Å². The summed E-state index contributed by atoms with van der Waals surface area (Å²) in [4.78, 5) is 57.4. The summed E-state index contributed by atoms with van der Waals surface area (Å²) in [7, 11) is 0. The molecule has 1 aliphatic heterocycles. The number of amides is 2. The third kappa shape index (κ3) is 7.84. The third-order valence-corrected chi connectivity index (χ3v) is 9.49. The number of nitrogens with one attached hydrogen (secondary N) is 2. The van der Waals surface area contributed by atoms with Crippen molar-refractivity contribution in [2.45, 2.75) is 83.6 Å². The lowest BCUT2D eigenvalue weighted by atomic mass is 9.78. The average Bonchev–Trinajstić information content (AvgIpc) is 3.72. The Balaban J connectivity index is 1.32. The molecule has 1 aliphatic carbocycles. The summed E-state index contributed by atoms with van der Waals surface area (Å²) < 4.78 is 23.9. The molecule has 4 N–H and O–H groups in total. The Morgan fingerprint density at radius 2 is 1.72 bits per heavy atom. The quantitative estimate of drug-likeness (QED) is 0.179. The van der Waals surface area contributed by atoms with Crippen LogP contribution in [0, 0.1) is 17.8 Å². The summed E-state index contributed by atoms with van der Waals surface area (Å²) in [5.41, 5.74) is 8.30. The second-order valence-electron chi connectivity index (χ2n) is 13.0. The highest BCUT2D eigenvalue weighted by Gasteiger charge is 2.45. The van der Waals surface area contributed by atoms with Crippen molar-refractivity contribution in [3.63, 3.8) is 0 Å². The average molecular weight is 649 g/mol. The number of esters is 2. The van der Waals surface area contributed by atoms with Gasteiger partial charge in [-0.1, -0.05) is 51.1 Å². The molecular formula is C36H45FN4O6. The molecular weight excluding hydrogens is 603 g/mol. The van der Waals surface area contributed by atoms with E-state index in [0.717, 1.165) is 5.56 Å². The minimum absolute atomic E-state index is 0.0376. The Kier molecular flexibility index (Phi) is 11.0. The zero-order chi connectivity index (χ0) is 33.7. The number of carbonyl (C=O) groups excluding carboxylic acids is 4. The van der Waals surface area contributed by atoms with Gasteiger partial charge in [-0.2, -0.15) is 0 Å². The monoisotopic (exact) mass is 648 g/mol. The molecule has 11 heteroatoms. The Hall–Kier alpha value is -4.25. The first-order valence-corrected chi connectivity index (χ1v) is 16.6. The van der Waals surface area contributed by atoms with E-state index in [-0.39, 0.29) is 47.6 Å². The normalized spacial score (nSPS) is 22.6. The van der Waals surface area contributed by atoms with Gasteiger partial charge in [0.2, 0.25) is 18.1 Å². The van der Waals surface area contributed by atoms with Crippen molar-refractivity contribution in [2.24, 2.45) is 23.5 Å². The van der Waals surface area contributed by atoms with Crippen LogP contribution in [0.25, 0.3) is 10.9 Å². The molecule has 5 rings (SSSR count). The van der Waals surface area contributed by atoms with E-state index < -0.39 is 37.0 Å². The molecule has 0 bridgehead atoms. The van der Waals surface area contributed by atoms with Gasteiger partial charge in [-0.3, -0.25) is 14.4 Å². The second kappa shape index (κ2) is 15.1. The molecule has 10 nitrogen and oxygen atoms in total.